The molecule has 3 rings (SSSR count). The number of aromatic nitrogens is 4. The summed E-state index contributed by atoms with van der Waals surface area (Å²) < 4.78 is 3.84. The van der Waals surface area contributed by atoms with Gasteiger partial charge in [0.05, 0.1) is 47.1 Å². The quantitative estimate of drug-likeness (QED) is 0.612. The molecule has 0 radical (unpaired) electrons. The summed E-state index contributed by atoms with van der Waals surface area (Å²) in [4.78, 5) is 0. The number of halogens is 1. The average Bonchev–Trinajstić information content (AvgIpc) is 3.15. The molecule has 3 aromatic rings. The van der Waals surface area contributed by atoms with E-state index in [0.29, 0.717) is 16.7 Å². The molecule has 0 aliphatic carbocycles. The maximum Gasteiger partial charge on any atom is 0.171 e. The second kappa shape index (κ2) is 8.54. The van der Waals surface area contributed by atoms with E-state index >= 15 is 0 Å². The Morgan fingerprint density at radius 2 is 1.93 bits per heavy atom. The predicted molar refractivity (Wildman–Crippen MR) is 113 cm³/mol. The molecule has 1 aromatic carbocycles. The molecule has 2 heterocycles. The minimum atomic E-state index is 0.509. The molecule has 0 unspecified atom stereocenters. The second-order valence-corrected chi connectivity index (χ2v) is 7.07. The molecule has 8 heteroatoms. The number of benzene rings is 1. The van der Waals surface area contributed by atoms with Gasteiger partial charge in [-0.15, -0.1) is 0 Å². The predicted octanol–water partition coefficient (Wildman–Crippen LogP) is 3.90. The summed E-state index contributed by atoms with van der Waals surface area (Å²) in [6.45, 7) is 8.03. The van der Waals surface area contributed by atoms with Gasteiger partial charge in [0.2, 0.25) is 0 Å². The SMILES string of the molecule is CCn1ncc(Cl)c1CNC(=S)Nc1c(C)nn(Cc2ccccc2)c1C. The zero-order valence-electron chi connectivity index (χ0n) is 15.7. The van der Waals surface area contributed by atoms with Crippen LogP contribution in [0.15, 0.2) is 36.5 Å². The van der Waals surface area contributed by atoms with Crippen LogP contribution in [-0.4, -0.2) is 24.7 Å². The van der Waals surface area contributed by atoms with Crippen LogP contribution >= 0.6 is 23.8 Å². The van der Waals surface area contributed by atoms with E-state index in [1.165, 1.54) is 5.56 Å². The van der Waals surface area contributed by atoms with E-state index < -0.39 is 0 Å². The van der Waals surface area contributed by atoms with Crippen molar-refractivity contribution in [2.75, 3.05) is 5.32 Å². The van der Waals surface area contributed by atoms with Gasteiger partial charge < -0.3 is 10.6 Å². The highest BCUT2D eigenvalue weighted by atomic mass is 35.5. The van der Waals surface area contributed by atoms with Crippen LogP contribution < -0.4 is 10.6 Å². The van der Waals surface area contributed by atoms with Crippen molar-refractivity contribution in [3.8, 4) is 0 Å². The van der Waals surface area contributed by atoms with Crippen molar-refractivity contribution in [2.45, 2.75) is 40.4 Å². The molecule has 0 saturated carbocycles. The van der Waals surface area contributed by atoms with Crippen molar-refractivity contribution in [1.82, 2.24) is 24.9 Å². The zero-order valence-corrected chi connectivity index (χ0v) is 17.2. The first-order valence-electron chi connectivity index (χ1n) is 8.82. The second-order valence-electron chi connectivity index (χ2n) is 6.25. The molecular weight excluding hydrogens is 380 g/mol. The molecule has 0 fully saturated rings. The molecule has 0 bridgehead atoms. The molecule has 0 aliphatic heterocycles. The largest absolute Gasteiger partial charge is 0.357 e. The zero-order chi connectivity index (χ0) is 19.4. The van der Waals surface area contributed by atoms with Gasteiger partial charge in [-0.2, -0.15) is 10.2 Å². The van der Waals surface area contributed by atoms with Gasteiger partial charge in [0.15, 0.2) is 5.11 Å². The smallest absolute Gasteiger partial charge is 0.171 e. The minimum Gasteiger partial charge on any atom is -0.357 e. The summed E-state index contributed by atoms with van der Waals surface area (Å²) in [5.41, 5.74) is 4.99. The van der Waals surface area contributed by atoms with Crippen molar-refractivity contribution in [1.29, 1.82) is 0 Å². The topological polar surface area (TPSA) is 59.7 Å². The molecule has 0 atom stereocenters. The number of nitrogens with zero attached hydrogens (tertiary/aromatic N) is 4. The van der Waals surface area contributed by atoms with Crippen LogP contribution in [0.1, 0.15) is 29.6 Å². The van der Waals surface area contributed by atoms with Crippen LogP contribution in [0.3, 0.4) is 0 Å². The van der Waals surface area contributed by atoms with Gasteiger partial charge in [-0.3, -0.25) is 9.36 Å². The molecule has 142 valence electrons. The standard InChI is InChI=1S/C19H23ClN6S/c1-4-25-17(16(20)10-22-25)11-21-19(27)23-18-13(2)24-26(14(18)3)12-15-8-6-5-7-9-15/h5-10H,4,11-12H2,1-3H3,(H2,21,23,27). The first-order chi connectivity index (χ1) is 13.0. The van der Waals surface area contributed by atoms with Gasteiger partial charge in [0, 0.05) is 6.54 Å². The minimum absolute atomic E-state index is 0.509. The number of aryl methyl sites for hydroxylation is 2. The average molecular weight is 403 g/mol. The van der Waals surface area contributed by atoms with Crippen molar-refractivity contribution in [3.63, 3.8) is 0 Å². The summed E-state index contributed by atoms with van der Waals surface area (Å²) in [5.74, 6) is 0. The lowest BCUT2D eigenvalue weighted by molar-refractivity contribution is 0.614. The summed E-state index contributed by atoms with van der Waals surface area (Å²) >= 11 is 11.7. The number of hydrogen-bond donors (Lipinski definition) is 2. The van der Waals surface area contributed by atoms with Crippen molar-refractivity contribution >= 4 is 34.6 Å². The molecule has 2 aromatic heterocycles. The molecular formula is C19H23ClN6S. The third kappa shape index (κ3) is 4.48. The van der Waals surface area contributed by atoms with Crippen LogP contribution in [0.5, 0.6) is 0 Å². The lowest BCUT2D eigenvalue weighted by Crippen LogP contribution is -2.29. The van der Waals surface area contributed by atoms with Crippen molar-refractivity contribution in [3.05, 3.63) is 64.2 Å². The number of rotatable bonds is 6. The fourth-order valence-corrected chi connectivity index (χ4v) is 3.33. The Kier molecular flexibility index (Phi) is 6.13. The first kappa shape index (κ1) is 19.4. The Morgan fingerprint density at radius 1 is 1.19 bits per heavy atom. The van der Waals surface area contributed by atoms with Crippen LogP contribution in [0.4, 0.5) is 5.69 Å². The Hall–Kier alpha value is -2.38. The fraction of sp³-hybridized carbons (Fsp3) is 0.316. The Bertz CT molecular complexity index is 931. The third-order valence-corrected chi connectivity index (χ3v) is 4.97. The highest BCUT2D eigenvalue weighted by Gasteiger charge is 2.14. The van der Waals surface area contributed by atoms with E-state index in [4.69, 9.17) is 23.8 Å². The van der Waals surface area contributed by atoms with Gasteiger partial charge in [0.25, 0.3) is 0 Å². The Morgan fingerprint density at radius 3 is 2.63 bits per heavy atom. The molecule has 27 heavy (non-hydrogen) atoms. The molecule has 0 aliphatic rings. The molecule has 0 spiro atoms. The normalized spacial score (nSPS) is 10.8. The Labute approximate surface area is 169 Å². The summed E-state index contributed by atoms with van der Waals surface area (Å²) in [7, 11) is 0. The number of anilines is 1. The Balaban J connectivity index is 1.66. The van der Waals surface area contributed by atoms with Crippen LogP contribution in [0, 0.1) is 13.8 Å². The van der Waals surface area contributed by atoms with E-state index in [-0.39, 0.29) is 0 Å². The summed E-state index contributed by atoms with van der Waals surface area (Å²) in [5, 5.41) is 16.5. The third-order valence-electron chi connectivity index (χ3n) is 4.41. The fourth-order valence-electron chi connectivity index (χ4n) is 2.95. The van der Waals surface area contributed by atoms with E-state index in [9.17, 15) is 0 Å². The van der Waals surface area contributed by atoms with Crippen LogP contribution in [0.25, 0.3) is 0 Å². The van der Waals surface area contributed by atoms with Gasteiger partial charge in [-0.25, -0.2) is 0 Å². The van der Waals surface area contributed by atoms with E-state index in [0.717, 1.165) is 35.9 Å². The number of thiocarbonyl (C=S) groups is 1. The van der Waals surface area contributed by atoms with E-state index in [1.54, 1.807) is 6.20 Å². The molecule has 0 saturated heterocycles. The van der Waals surface area contributed by atoms with Gasteiger partial charge in [0.1, 0.15) is 0 Å². The van der Waals surface area contributed by atoms with Gasteiger partial charge in [-0.1, -0.05) is 41.9 Å². The maximum absolute atomic E-state index is 6.20. The summed E-state index contributed by atoms with van der Waals surface area (Å²) in [6.07, 6.45) is 1.65. The first-order valence-corrected chi connectivity index (χ1v) is 9.61. The number of hydrogen-bond acceptors (Lipinski definition) is 3. The van der Waals surface area contributed by atoms with Gasteiger partial charge >= 0.3 is 0 Å². The van der Waals surface area contributed by atoms with Crippen molar-refractivity contribution in [2.24, 2.45) is 0 Å². The molecule has 6 nitrogen and oxygen atoms in total. The van der Waals surface area contributed by atoms with E-state index in [1.807, 2.05) is 48.3 Å². The van der Waals surface area contributed by atoms with Crippen molar-refractivity contribution < 1.29 is 0 Å². The van der Waals surface area contributed by atoms with Gasteiger partial charge in [-0.05, 0) is 38.6 Å². The lowest BCUT2D eigenvalue weighted by atomic mass is 10.2. The lowest BCUT2D eigenvalue weighted by Gasteiger charge is -2.12. The van der Waals surface area contributed by atoms with Crippen LogP contribution in [0.2, 0.25) is 5.02 Å². The molecule has 2 N–H and O–H groups in total. The summed E-state index contributed by atoms with van der Waals surface area (Å²) in [6, 6.07) is 10.3. The van der Waals surface area contributed by atoms with Crippen LogP contribution in [-0.2, 0) is 19.6 Å². The highest BCUT2D eigenvalue weighted by molar-refractivity contribution is 7.80. The maximum atomic E-state index is 6.20. The van der Waals surface area contributed by atoms with E-state index in [2.05, 4.69) is 33.0 Å². The number of nitrogens with one attached hydrogen (secondary N) is 2. The monoisotopic (exact) mass is 402 g/mol. The molecule has 0 amide bonds. The highest BCUT2D eigenvalue weighted by Crippen LogP contribution is 2.21.